The summed E-state index contributed by atoms with van der Waals surface area (Å²) < 4.78 is 0. The van der Waals surface area contributed by atoms with Gasteiger partial charge in [0.2, 0.25) is 0 Å². The number of amides is 1. The maximum Gasteiger partial charge on any atom is 0.259 e. The van der Waals surface area contributed by atoms with Crippen molar-refractivity contribution in [3.05, 3.63) is 78.2 Å². The van der Waals surface area contributed by atoms with Crippen LogP contribution in [-0.2, 0) is 6.42 Å². The van der Waals surface area contributed by atoms with Gasteiger partial charge in [0.1, 0.15) is 5.82 Å². The Balaban J connectivity index is 1.68. The van der Waals surface area contributed by atoms with Crippen molar-refractivity contribution in [1.82, 2.24) is 9.97 Å². The summed E-state index contributed by atoms with van der Waals surface area (Å²) in [6.45, 7) is 0.823. The van der Waals surface area contributed by atoms with Crippen molar-refractivity contribution in [2.75, 3.05) is 16.8 Å². The second-order valence-corrected chi connectivity index (χ2v) is 5.60. The van der Waals surface area contributed by atoms with Crippen LogP contribution in [0.3, 0.4) is 0 Å². The molecular weight excluding hydrogens is 300 g/mol. The summed E-state index contributed by atoms with van der Waals surface area (Å²) in [5.74, 6) is 0.499. The van der Waals surface area contributed by atoms with E-state index in [2.05, 4.69) is 32.3 Å². The lowest BCUT2D eigenvalue weighted by Crippen LogP contribution is -2.21. The molecule has 5 nitrogen and oxygen atoms in total. The Hall–Kier alpha value is -3.21. The van der Waals surface area contributed by atoms with Crippen LogP contribution in [-0.4, -0.2) is 22.4 Å². The molecule has 118 valence electrons. The summed E-state index contributed by atoms with van der Waals surface area (Å²) in [6.07, 6.45) is 5.97. The predicted molar refractivity (Wildman–Crippen MR) is 93.6 cm³/mol. The van der Waals surface area contributed by atoms with E-state index in [4.69, 9.17) is 0 Å². The van der Waals surface area contributed by atoms with Gasteiger partial charge in [-0.2, -0.15) is 0 Å². The van der Waals surface area contributed by atoms with Crippen LogP contribution >= 0.6 is 0 Å². The molecule has 1 aromatic carbocycles. The van der Waals surface area contributed by atoms with E-state index >= 15 is 0 Å². The smallest absolute Gasteiger partial charge is 0.259 e. The number of rotatable bonds is 3. The number of nitrogens with one attached hydrogen (secondary N) is 1. The van der Waals surface area contributed by atoms with E-state index in [-0.39, 0.29) is 5.91 Å². The highest BCUT2D eigenvalue weighted by Gasteiger charge is 2.25. The van der Waals surface area contributed by atoms with E-state index < -0.39 is 0 Å². The average Bonchev–Trinajstić information content (AvgIpc) is 3.06. The SMILES string of the molecule is O=C(Nc1cccnc1)c1cccnc1N1CCc2ccccc21. The summed E-state index contributed by atoms with van der Waals surface area (Å²) in [6, 6.07) is 15.4. The first-order chi connectivity index (χ1) is 11.8. The quantitative estimate of drug-likeness (QED) is 0.804. The van der Waals surface area contributed by atoms with Crippen LogP contribution in [0.5, 0.6) is 0 Å². The standard InChI is InChI=1S/C19H16N4O/c24-19(22-15-6-3-10-20-13-15)16-7-4-11-21-18(16)23-12-9-14-5-1-2-8-17(14)23/h1-8,10-11,13H,9,12H2,(H,22,24). The summed E-state index contributed by atoms with van der Waals surface area (Å²) in [4.78, 5) is 23.3. The van der Waals surface area contributed by atoms with Gasteiger partial charge in [0.15, 0.2) is 0 Å². The molecule has 0 saturated carbocycles. The number of hydrogen-bond donors (Lipinski definition) is 1. The molecule has 1 aliphatic heterocycles. The van der Waals surface area contributed by atoms with Crippen molar-refractivity contribution < 1.29 is 4.79 Å². The van der Waals surface area contributed by atoms with Crippen LogP contribution in [0.2, 0.25) is 0 Å². The van der Waals surface area contributed by atoms with E-state index in [9.17, 15) is 4.79 Å². The Morgan fingerprint density at radius 3 is 2.79 bits per heavy atom. The maximum absolute atomic E-state index is 12.7. The molecule has 0 fully saturated rings. The topological polar surface area (TPSA) is 58.1 Å². The number of carbonyl (C=O) groups is 1. The first-order valence-electron chi connectivity index (χ1n) is 7.85. The number of hydrogen-bond acceptors (Lipinski definition) is 4. The summed E-state index contributed by atoms with van der Waals surface area (Å²) in [5, 5.41) is 2.88. The molecule has 3 heterocycles. The molecule has 0 saturated heterocycles. The molecule has 4 rings (SSSR count). The van der Waals surface area contributed by atoms with E-state index in [1.807, 2.05) is 18.2 Å². The van der Waals surface area contributed by atoms with Crippen molar-refractivity contribution >= 4 is 23.1 Å². The lowest BCUT2D eigenvalue weighted by molar-refractivity contribution is 0.102. The van der Waals surface area contributed by atoms with Gasteiger partial charge in [-0.25, -0.2) is 4.98 Å². The van der Waals surface area contributed by atoms with Crippen molar-refractivity contribution in [2.24, 2.45) is 0 Å². The molecule has 1 N–H and O–H groups in total. The summed E-state index contributed by atoms with van der Waals surface area (Å²) >= 11 is 0. The third-order valence-corrected chi connectivity index (χ3v) is 4.09. The van der Waals surface area contributed by atoms with Crippen molar-refractivity contribution in [1.29, 1.82) is 0 Å². The normalized spacial score (nSPS) is 12.8. The van der Waals surface area contributed by atoms with Crippen molar-refractivity contribution in [2.45, 2.75) is 6.42 Å². The van der Waals surface area contributed by atoms with Gasteiger partial charge >= 0.3 is 0 Å². The minimum Gasteiger partial charge on any atom is -0.325 e. The molecule has 0 atom stereocenters. The highest BCUT2D eigenvalue weighted by atomic mass is 16.1. The van der Waals surface area contributed by atoms with Gasteiger partial charge in [0, 0.05) is 24.6 Å². The largest absolute Gasteiger partial charge is 0.325 e. The van der Waals surface area contributed by atoms with Gasteiger partial charge in [-0.05, 0) is 42.3 Å². The van der Waals surface area contributed by atoms with Gasteiger partial charge in [0.25, 0.3) is 5.91 Å². The van der Waals surface area contributed by atoms with Crippen LogP contribution in [0.25, 0.3) is 0 Å². The van der Waals surface area contributed by atoms with Gasteiger partial charge in [0.05, 0.1) is 17.4 Å². The number of para-hydroxylation sites is 1. The molecule has 1 amide bonds. The third-order valence-electron chi connectivity index (χ3n) is 4.09. The Morgan fingerprint density at radius 1 is 1.04 bits per heavy atom. The second-order valence-electron chi connectivity index (χ2n) is 5.60. The highest BCUT2D eigenvalue weighted by molar-refractivity contribution is 6.08. The Kier molecular flexibility index (Phi) is 3.67. The molecule has 0 radical (unpaired) electrons. The first kappa shape index (κ1) is 14.4. The fourth-order valence-electron chi connectivity index (χ4n) is 2.98. The van der Waals surface area contributed by atoms with Crippen LogP contribution in [0.15, 0.2) is 67.1 Å². The molecule has 2 aromatic heterocycles. The number of nitrogens with zero attached hydrogens (tertiary/aromatic N) is 3. The van der Waals surface area contributed by atoms with Crippen molar-refractivity contribution in [3.63, 3.8) is 0 Å². The minimum atomic E-state index is -0.185. The lowest BCUT2D eigenvalue weighted by Gasteiger charge is -2.21. The maximum atomic E-state index is 12.7. The number of benzene rings is 1. The minimum absolute atomic E-state index is 0.185. The molecule has 0 unspecified atom stereocenters. The van der Waals surface area contributed by atoms with Crippen LogP contribution < -0.4 is 10.2 Å². The average molecular weight is 316 g/mol. The van der Waals surface area contributed by atoms with Gasteiger partial charge < -0.3 is 10.2 Å². The molecular formula is C19H16N4O. The van der Waals surface area contributed by atoms with Crippen LogP contribution in [0.1, 0.15) is 15.9 Å². The second kappa shape index (κ2) is 6.12. The number of aromatic nitrogens is 2. The molecule has 1 aliphatic rings. The zero-order chi connectivity index (χ0) is 16.4. The molecule has 0 spiro atoms. The summed E-state index contributed by atoms with van der Waals surface area (Å²) in [7, 11) is 0. The molecule has 0 aliphatic carbocycles. The Labute approximate surface area is 140 Å². The fourth-order valence-corrected chi connectivity index (χ4v) is 2.98. The lowest BCUT2D eigenvalue weighted by atomic mass is 10.1. The Bertz CT molecular complexity index is 879. The molecule has 5 heteroatoms. The van der Waals surface area contributed by atoms with E-state index in [0.29, 0.717) is 17.1 Å². The summed E-state index contributed by atoms with van der Waals surface area (Å²) in [5.41, 5.74) is 3.62. The van der Waals surface area contributed by atoms with Crippen molar-refractivity contribution in [3.8, 4) is 0 Å². The first-order valence-corrected chi connectivity index (χ1v) is 7.85. The Morgan fingerprint density at radius 2 is 1.92 bits per heavy atom. The fraction of sp³-hybridized carbons (Fsp3) is 0.105. The number of fused-ring (bicyclic) bond motifs is 1. The van der Waals surface area contributed by atoms with E-state index in [1.54, 1.807) is 36.8 Å². The van der Waals surface area contributed by atoms with Crippen LogP contribution in [0.4, 0.5) is 17.2 Å². The van der Waals surface area contributed by atoms with E-state index in [1.165, 1.54) is 5.56 Å². The monoisotopic (exact) mass is 316 g/mol. The molecule has 0 bridgehead atoms. The van der Waals surface area contributed by atoms with Gasteiger partial charge in [-0.15, -0.1) is 0 Å². The highest BCUT2D eigenvalue weighted by Crippen LogP contribution is 2.34. The molecule has 24 heavy (non-hydrogen) atoms. The number of pyridine rings is 2. The van der Waals surface area contributed by atoms with Gasteiger partial charge in [-0.1, -0.05) is 18.2 Å². The molecule has 3 aromatic rings. The number of carbonyl (C=O) groups excluding carboxylic acids is 1. The third kappa shape index (κ3) is 2.60. The number of anilines is 3. The predicted octanol–water partition coefficient (Wildman–Crippen LogP) is 3.42. The zero-order valence-electron chi connectivity index (χ0n) is 13.0. The zero-order valence-corrected chi connectivity index (χ0v) is 13.0. The van der Waals surface area contributed by atoms with E-state index in [0.717, 1.165) is 18.7 Å². The van der Waals surface area contributed by atoms with Gasteiger partial charge in [-0.3, -0.25) is 9.78 Å². The van der Waals surface area contributed by atoms with Crippen LogP contribution in [0, 0.1) is 0 Å².